The number of rotatable bonds is 5. The molecule has 1 aromatic heterocycles. The predicted octanol–water partition coefficient (Wildman–Crippen LogP) is 1.74. The van der Waals surface area contributed by atoms with Gasteiger partial charge in [-0.3, -0.25) is 4.79 Å². The quantitative estimate of drug-likeness (QED) is 0.800. The van der Waals surface area contributed by atoms with Crippen LogP contribution in [0.5, 0.6) is 0 Å². The minimum Gasteiger partial charge on any atom is -0.483 e. The van der Waals surface area contributed by atoms with Crippen LogP contribution < -0.4 is 0 Å². The minimum absolute atomic E-state index is 0.171. The molecular formula is C15H26N4O4. The lowest BCUT2D eigenvalue weighted by Gasteiger charge is -2.23. The van der Waals surface area contributed by atoms with Crippen molar-refractivity contribution in [1.29, 1.82) is 0 Å². The van der Waals surface area contributed by atoms with Gasteiger partial charge in [-0.2, -0.15) is 0 Å². The lowest BCUT2D eigenvalue weighted by atomic mass is 10.1. The maximum Gasteiger partial charge on any atom is 0.407 e. The molecule has 0 bridgehead atoms. The molecule has 0 aliphatic carbocycles. The number of carboxylic acid groups (broad SMARTS) is 2. The van der Waals surface area contributed by atoms with Crippen molar-refractivity contribution in [3.05, 3.63) is 18.2 Å². The zero-order valence-corrected chi connectivity index (χ0v) is 13.9. The molecule has 8 heteroatoms. The molecule has 1 amide bonds. The highest BCUT2D eigenvalue weighted by Gasteiger charge is 2.24. The van der Waals surface area contributed by atoms with Crippen molar-refractivity contribution < 1.29 is 19.8 Å². The summed E-state index contributed by atoms with van der Waals surface area (Å²) in [6.07, 6.45) is 6.09. The molecule has 0 radical (unpaired) electrons. The molecule has 0 aromatic carbocycles. The third-order valence-electron chi connectivity index (χ3n) is 4.24. The van der Waals surface area contributed by atoms with E-state index in [2.05, 4.69) is 21.5 Å². The van der Waals surface area contributed by atoms with Gasteiger partial charge in [0, 0.05) is 25.8 Å². The second kappa shape index (κ2) is 9.14. The van der Waals surface area contributed by atoms with Crippen molar-refractivity contribution >= 4 is 12.6 Å². The van der Waals surface area contributed by atoms with E-state index >= 15 is 0 Å². The van der Waals surface area contributed by atoms with Crippen molar-refractivity contribution in [2.75, 3.05) is 20.6 Å². The summed E-state index contributed by atoms with van der Waals surface area (Å²) in [5, 5.41) is 16.0. The van der Waals surface area contributed by atoms with E-state index in [1.165, 1.54) is 17.7 Å². The van der Waals surface area contributed by atoms with Crippen LogP contribution in [0.25, 0.3) is 0 Å². The molecule has 2 atom stereocenters. The lowest BCUT2D eigenvalue weighted by molar-refractivity contribution is -0.122. The van der Waals surface area contributed by atoms with Crippen molar-refractivity contribution in [3.63, 3.8) is 0 Å². The Balaban J connectivity index is 0.000000816. The van der Waals surface area contributed by atoms with Crippen molar-refractivity contribution in [1.82, 2.24) is 19.4 Å². The largest absolute Gasteiger partial charge is 0.483 e. The van der Waals surface area contributed by atoms with Gasteiger partial charge >= 0.3 is 6.09 Å². The number of carbonyl (C=O) groups is 2. The van der Waals surface area contributed by atoms with Gasteiger partial charge in [0.2, 0.25) is 0 Å². The molecule has 1 aromatic rings. The molecular weight excluding hydrogens is 300 g/mol. The van der Waals surface area contributed by atoms with Crippen LogP contribution in [0.4, 0.5) is 4.79 Å². The zero-order chi connectivity index (χ0) is 17.4. The summed E-state index contributed by atoms with van der Waals surface area (Å²) in [6.45, 7) is 3.82. The second-order valence-electron chi connectivity index (χ2n) is 5.69. The summed E-state index contributed by atoms with van der Waals surface area (Å²) < 4.78 is 2.08. The highest BCUT2D eigenvalue weighted by Crippen LogP contribution is 2.22. The Hall–Kier alpha value is -2.09. The van der Waals surface area contributed by atoms with Gasteiger partial charge in [-0.25, -0.2) is 9.78 Å². The van der Waals surface area contributed by atoms with Gasteiger partial charge < -0.3 is 24.6 Å². The zero-order valence-electron chi connectivity index (χ0n) is 13.9. The van der Waals surface area contributed by atoms with Crippen LogP contribution in [0.1, 0.15) is 37.9 Å². The van der Waals surface area contributed by atoms with Crippen molar-refractivity contribution in [2.45, 2.75) is 44.8 Å². The van der Waals surface area contributed by atoms with Gasteiger partial charge in [0.05, 0.1) is 18.1 Å². The fraction of sp³-hybridized carbons (Fsp3) is 0.667. The Morgan fingerprint density at radius 3 is 2.74 bits per heavy atom. The van der Waals surface area contributed by atoms with Gasteiger partial charge in [-0.1, -0.05) is 6.92 Å². The minimum atomic E-state index is -0.915. The maximum atomic E-state index is 11.1. The summed E-state index contributed by atoms with van der Waals surface area (Å²) in [7, 11) is 3.75. The lowest BCUT2D eigenvalue weighted by Crippen LogP contribution is -2.30. The Labute approximate surface area is 136 Å². The summed E-state index contributed by atoms with van der Waals surface area (Å²) in [4.78, 5) is 27.5. The number of imidazole rings is 1. The third kappa shape index (κ3) is 5.24. The Kier molecular flexibility index (Phi) is 7.53. The molecule has 23 heavy (non-hydrogen) atoms. The number of hydrogen-bond acceptors (Lipinski definition) is 4. The van der Waals surface area contributed by atoms with Crippen LogP contribution in [-0.4, -0.2) is 68.8 Å². The molecule has 0 spiro atoms. The molecule has 2 N–H and O–H groups in total. The van der Waals surface area contributed by atoms with E-state index in [9.17, 15) is 4.79 Å². The molecule has 1 saturated heterocycles. The van der Waals surface area contributed by atoms with Crippen LogP contribution in [0.2, 0.25) is 0 Å². The first-order valence-electron chi connectivity index (χ1n) is 7.70. The third-order valence-corrected chi connectivity index (χ3v) is 4.24. The van der Waals surface area contributed by atoms with E-state index in [1.807, 2.05) is 19.4 Å². The Morgan fingerprint density at radius 1 is 1.61 bits per heavy atom. The van der Waals surface area contributed by atoms with E-state index in [0.29, 0.717) is 6.04 Å². The first-order chi connectivity index (χ1) is 10.9. The molecule has 1 aliphatic rings. The first-order valence-corrected chi connectivity index (χ1v) is 7.70. The summed E-state index contributed by atoms with van der Waals surface area (Å²) in [5.41, 5.74) is 0.832. The molecule has 1 fully saturated rings. The van der Waals surface area contributed by atoms with Gasteiger partial charge in [0.15, 0.2) is 0 Å². The number of aromatic nitrogens is 2. The highest BCUT2D eigenvalue weighted by molar-refractivity contribution is 5.65. The van der Waals surface area contributed by atoms with Crippen LogP contribution in [0.3, 0.4) is 0 Å². The normalized spacial score (nSPS) is 18.8. The van der Waals surface area contributed by atoms with Crippen LogP contribution in [0.15, 0.2) is 12.5 Å². The van der Waals surface area contributed by atoms with Gasteiger partial charge in [0.1, 0.15) is 0 Å². The SMILES string of the molecule is CCC(c1cn(CC2CCCN2C)cn1)N(C)C(=O)O.O=CO. The summed E-state index contributed by atoms with van der Waals surface area (Å²) in [6, 6.07) is 0.393. The standard InChI is InChI=1S/C14H24N4O2.CH2O2/c1-4-13(17(3)14(19)20)12-9-18(10-15-12)8-11-6-5-7-16(11)2;2-1-3/h9-11,13H,4-8H2,1-3H3,(H,19,20);1H,(H,2,3). The van der Waals surface area contributed by atoms with E-state index < -0.39 is 6.09 Å². The Morgan fingerprint density at radius 2 is 2.26 bits per heavy atom. The smallest absolute Gasteiger partial charge is 0.407 e. The fourth-order valence-corrected chi connectivity index (χ4v) is 2.92. The predicted molar refractivity (Wildman–Crippen MR) is 85.4 cm³/mol. The number of likely N-dealkylation sites (N-methyl/N-ethyl adjacent to an activating group) is 1. The van der Waals surface area contributed by atoms with Gasteiger partial charge in [0.25, 0.3) is 6.47 Å². The summed E-state index contributed by atoms with van der Waals surface area (Å²) >= 11 is 0. The fourth-order valence-electron chi connectivity index (χ4n) is 2.92. The van der Waals surface area contributed by atoms with Crippen LogP contribution in [0, 0.1) is 0 Å². The second-order valence-corrected chi connectivity index (χ2v) is 5.69. The number of amides is 1. The van der Waals surface area contributed by atoms with Gasteiger partial charge in [-0.05, 0) is 32.9 Å². The average molecular weight is 326 g/mol. The van der Waals surface area contributed by atoms with E-state index in [4.69, 9.17) is 15.0 Å². The molecule has 2 heterocycles. The van der Waals surface area contributed by atoms with E-state index in [0.717, 1.165) is 25.2 Å². The van der Waals surface area contributed by atoms with Crippen LogP contribution in [-0.2, 0) is 11.3 Å². The van der Waals surface area contributed by atoms with Crippen LogP contribution >= 0.6 is 0 Å². The summed E-state index contributed by atoms with van der Waals surface area (Å²) in [5.74, 6) is 0. The molecule has 1 aliphatic heterocycles. The van der Waals surface area contributed by atoms with Gasteiger partial charge in [-0.15, -0.1) is 0 Å². The molecule has 2 unspecified atom stereocenters. The topological polar surface area (TPSA) is 98.9 Å². The van der Waals surface area contributed by atoms with Crippen molar-refractivity contribution in [2.24, 2.45) is 0 Å². The molecule has 8 nitrogen and oxygen atoms in total. The average Bonchev–Trinajstić information content (AvgIpc) is 3.11. The number of nitrogens with zero attached hydrogens (tertiary/aromatic N) is 4. The highest BCUT2D eigenvalue weighted by atomic mass is 16.4. The number of likely N-dealkylation sites (tertiary alicyclic amines) is 1. The number of hydrogen-bond donors (Lipinski definition) is 2. The van der Waals surface area contributed by atoms with Crippen molar-refractivity contribution in [3.8, 4) is 0 Å². The first kappa shape index (κ1) is 19.0. The Bertz CT molecular complexity index is 505. The monoisotopic (exact) mass is 326 g/mol. The maximum absolute atomic E-state index is 11.1. The van der Waals surface area contributed by atoms with E-state index in [-0.39, 0.29) is 12.5 Å². The molecule has 130 valence electrons. The molecule has 0 saturated carbocycles. The molecule has 2 rings (SSSR count). The van der Waals surface area contributed by atoms with E-state index in [1.54, 1.807) is 7.05 Å².